The van der Waals surface area contributed by atoms with Gasteiger partial charge in [-0.1, -0.05) is 189 Å². The Morgan fingerprint density at radius 2 is 0.921 bits per heavy atom. The first-order chi connectivity index (χ1) is 30.6. The molecule has 0 spiro atoms. The van der Waals surface area contributed by atoms with Crippen LogP contribution in [0.15, 0.2) is 72.9 Å². The Morgan fingerprint density at radius 3 is 1.38 bits per heavy atom. The number of hydrogen-bond acceptors (Lipinski definition) is 7. The molecule has 0 aromatic heterocycles. The zero-order valence-electron chi connectivity index (χ0n) is 41.2. The highest BCUT2D eigenvalue weighted by Crippen LogP contribution is 2.15. The maximum atomic E-state index is 12.8. The minimum Gasteiger partial charge on any atom is -0.544 e. The lowest BCUT2D eigenvalue weighted by molar-refractivity contribution is -0.889. The van der Waals surface area contributed by atoms with Crippen molar-refractivity contribution < 1.29 is 38.2 Å². The van der Waals surface area contributed by atoms with Gasteiger partial charge in [-0.2, -0.15) is 0 Å². The van der Waals surface area contributed by atoms with Gasteiger partial charge in [-0.3, -0.25) is 9.59 Å². The summed E-state index contributed by atoms with van der Waals surface area (Å²) in [4.78, 5) is 37.0. The first-order valence-corrected chi connectivity index (χ1v) is 25.5. The average Bonchev–Trinajstić information content (AvgIpc) is 3.24. The van der Waals surface area contributed by atoms with Crippen LogP contribution in [0.3, 0.4) is 0 Å². The van der Waals surface area contributed by atoms with Crippen LogP contribution in [-0.2, 0) is 28.6 Å². The lowest BCUT2D eigenvalue weighted by Gasteiger charge is -2.34. The number of unbranched alkanes of at least 4 members (excludes halogenated alkanes) is 19. The maximum absolute atomic E-state index is 12.8. The second-order valence-electron chi connectivity index (χ2n) is 18.0. The number of ether oxygens (including phenoxy) is 3. The summed E-state index contributed by atoms with van der Waals surface area (Å²) in [5.74, 6) is -1.85. The van der Waals surface area contributed by atoms with Gasteiger partial charge in [-0.15, -0.1) is 0 Å². The fraction of sp³-hybridized carbons (Fsp3) is 0.727. The second kappa shape index (κ2) is 45.3. The third kappa shape index (κ3) is 43.8. The van der Waals surface area contributed by atoms with Crippen LogP contribution in [0, 0.1) is 0 Å². The van der Waals surface area contributed by atoms with Gasteiger partial charge in [-0.05, 0) is 70.6 Å². The van der Waals surface area contributed by atoms with Crippen molar-refractivity contribution in [1.82, 2.24) is 0 Å². The molecule has 0 radical (unpaired) electrons. The van der Waals surface area contributed by atoms with E-state index >= 15 is 0 Å². The third-order valence-corrected chi connectivity index (χ3v) is 11.1. The minimum absolute atomic E-state index is 0.0132. The maximum Gasteiger partial charge on any atom is 0.306 e. The van der Waals surface area contributed by atoms with Crippen LogP contribution < -0.4 is 5.11 Å². The normalized spacial score (nSPS) is 13.5. The highest BCUT2D eigenvalue weighted by atomic mass is 16.6. The predicted octanol–water partition coefficient (Wildman–Crippen LogP) is 13.4. The lowest BCUT2D eigenvalue weighted by Crippen LogP contribution is -2.55. The summed E-state index contributed by atoms with van der Waals surface area (Å²) in [6, 6.07) is -0.740. The van der Waals surface area contributed by atoms with E-state index in [1.807, 2.05) is 12.2 Å². The summed E-state index contributed by atoms with van der Waals surface area (Å²) in [6.07, 6.45) is 58.1. The largest absolute Gasteiger partial charge is 0.544 e. The topological polar surface area (TPSA) is 102 Å². The van der Waals surface area contributed by atoms with Gasteiger partial charge in [0.2, 0.25) is 0 Å². The number of esters is 2. The monoisotopic (exact) mass is 882 g/mol. The fourth-order valence-corrected chi connectivity index (χ4v) is 7.17. The van der Waals surface area contributed by atoms with E-state index in [-0.39, 0.29) is 49.1 Å². The SMILES string of the molecule is CC/C=C/C/C=C/C/C=C/C/C=C/C/C=C/CCC(=O)OCC(COCCC(C(=O)[O-])[N+](C)(C)C)OC(=O)CCCCCCCCC/C=C/CCCCCCCCCCCCCC. The molecule has 0 saturated carbocycles. The number of carbonyl (C=O) groups is 3. The fourth-order valence-electron chi connectivity index (χ4n) is 7.17. The van der Waals surface area contributed by atoms with Crippen LogP contribution in [0.4, 0.5) is 0 Å². The van der Waals surface area contributed by atoms with Crippen molar-refractivity contribution in [2.75, 3.05) is 41.0 Å². The van der Waals surface area contributed by atoms with Gasteiger partial charge in [0.15, 0.2) is 6.10 Å². The molecule has 8 heteroatoms. The Balaban J connectivity index is 4.32. The second-order valence-corrected chi connectivity index (χ2v) is 18.0. The molecule has 0 rings (SSSR count). The Kier molecular flexibility index (Phi) is 43.0. The summed E-state index contributed by atoms with van der Waals surface area (Å²) in [7, 11) is 5.39. The predicted molar refractivity (Wildman–Crippen MR) is 263 cm³/mol. The van der Waals surface area contributed by atoms with Gasteiger partial charge in [0.05, 0.1) is 40.3 Å². The molecule has 0 fully saturated rings. The first-order valence-electron chi connectivity index (χ1n) is 25.5. The zero-order valence-corrected chi connectivity index (χ0v) is 41.2. The number of carboxylic acid groups (broad SMARTS) is 1. The summed E-state index contributed by atoms with van der Waals surface area (Å²) in [6.45, 7) is 4.47. The summed E-state index contributed by atoms with van der Waals surface area (Å²) < 4.78 is 17.1. The Morgan fingerprint density at radius 1 is 0.492 bits per heavy atom. The minimum atomic E-state index is -1.14. The number of carboxylic acids is 1. The average molecular weight is 882 g/mol. The molecule has 8 nitrogen and oxygen atoms in total. The quantitative estimate of drug-likeness (QED) is 0.0260. The molecule has 0 aliphatic rings. The van der Waals surface area contributed by atoms with Gasteiger partial charge in [0.25, 0.3) is 0 Å². The van der Waals surface area contributed by atoms with E-state index in [0.29, 0.717) is 12.8 Å². The van der Waals surface area contributed by atoms with E-state index in [2.05, 4.69) is 74.6 Å². The van der Waals surface area contributed by atoms with Crippen LogP contribution in [-0.4, -0.2) is 75.5 Å². The molecule has 0 bridgehead atoms. The van der Waals surface area contributed by atoms with Crippen molar-refractivity contribution in [2.45, 2.75) is 219 Å². The molecule has 0 aromatic carbocycles. The van der Waals surface area contributed by atoms with E-state index in [0.717, 1.165) is 51.4 Å². The molecule has 2 atom stereocenters. The molecule has 0 aliphatic carbocycles. The first kappa shape index (κ1) is 59.8. The van der Waals surface area contributed by atoms with Gasteiger partial charge >= 0.3 is 11.9 Å². The summed E-state index contributed by atoms with van der Waals surface area (Å²) in [5, 5.41) is 11.7. The van der Waals surface area contributed by atoms with E-state index in [1.165, 1.54) is 116 Å². The van der Waals surface area contributed by atoms with E-state index in [1.54, 1.807) is 21.1 Å². The number of carbonyl (C=O) groups excluding carboxylic acids is 3. The van der Waals surface area contributed by atoms with Gasteiger partial charge < -0.3 is 28.6 Å². The number of aliphatic carboxylic acids is 1. The van der Waals surface area contributed by atoms with E-state index < -0.39 is 18.1 Å². The van der Waals surface area contributed by atoms with Crippen molar-refractivity contribution in [3.63, 3.8) is 0 Å². The van der Waals surface area contributed by atoms with Crippen molar-refractivity contribution in [3.05, 3.63) is 72.9 Å². The molecule has 0 amide bonds. The molecule has 0 aromatic rings. The van der Waals surface area contributed by atoms with Crippen molar-refractivity contribution in [2.24, 2.45) is 0 Å². The van der Waals surface area contributed by atoms with Crippen molar-refractivity contribution in [1.29, 1.82) is 0 Å². The molecule has 362 valence electrons. The smallest absolute Gasteiger partial charge is 0.306 e. The molecule has 0 aliphatic heterocycles. The highest BCUT2D eigenvalue weighted by molar-refractivity contribution is 5.70. The van der Waals surface area contributed by atoms with Gasteiger partial charge in [0, 0.05) is 19.3 Å². The zero-order chi connectivity index (χ0) is 46.3. The number of likely N-dealkylation sites (N-methyl/N-ethyl adjacent to an activating group) is 1. The Labute approximate surface area is 387 Å². The molecular formula is C55H95NO7. The molecule has 63 heavy (non-hydrogen) atoms. The van der Waals surface area contributed by atoms with Crippen LogP contribution in [0.25, 0.3) is 0 Å². The van der Waals surface area contributed by atoms with Crippen molar-refractivity contribution in [3.8, 4) is 0 Å². The van der Waals surface area contributed by atoms with Crippen LogP contribution in [0.1, 0.15) is 206 Å². The van der Waals surface area contributed by atoms with E-state index in [9.17, 15) is 19.5 Å². The molecule has 2 unspecified atom stereocenters. The standard InChI is InChI=1S/C55H95NO7/c1-6-8-10-12-14-16-18-20-22-24-25-26-27-28-29-30-32-34-36-38-40-42-44-46-54(58)63-51(49-61-48-47-52(55(59)60)56(3,4)5)50-62-53(57)45-43-41-39-37-35-33-31-23-21-19-17-15-13-11-9-7-2/h9,11,15,17,21,23,28-29,33,35,39,41,51-52H,6-8,10,12-14,16,18-20,22,24-27,30-32,34,36-38,40,42-50H2,1-5H3/b11-9+,17-15+,23-21+,29-28+,35-33+,41-39+. The number of hydrogen-bond donors (Lipinski definition) is 0. The molecule has 0 heterocycles. The Bertz CT molecular complexity index is 1260. The molecule has 0 saturated heterocycles. The number of quaternary nitrogens is 1. The van der Waals surface area contributed by atoms with Gasteiger partial charge in [0.1, 0.15) is 12.6 Å². The van der Waals surface area contributed by atoms with Crippen LogP contribution in [0.5, 0.6) is 0 Å². The Hall–Kier alpha value is -3.23. The highest BCUT2D eigenvalue weighted by Gasteiger charge is 2.25. The summed E-state index contributed by atoms with van der Waals surface area (Å²) >= 11 is 0. The van der Waals surface area contributed by atoms with Crippen LogP contribution in [0.2, 0.25) is 0 Å². The number of rotatable bonds is 45. The lowest BCUT2D eigenvalue weighted by atomic mass is 10.0. The van der Waals surface area contributed by atoms with Crippen molar-refractivity contribution >= 4 is 17.9 Å². The van der Waals surface area contributed by atoms with Gasteiger partial charge in [-0.25, -0.2) is 0 Å². The number of nitrogens with zero attached hydrogens (tertiary/aromatic N) is 1. The van der Waals surface area contributed by atoms with E-state index in [4.69, 9.17) is 14.2 Å². The van der Waals surface area contributed by atoms with Crippen LogP contribution >= 0.6 is 0 Å². The molecular weight excluding hydrogens is 787 g/mol. The number of allylic oxidation sites excluding steroid dienone is 12. The summed E-state index contributed by atoms with van der Waals surface area (Å²) in [5.41, 5.74) is 0. The third-order valence-electron chi connectivity index (χ3n) is 11.1. The molecule has 0 N–H and O–H groups in total.